The number of aliphatic carboxylic acids is 1. The number of carboxylic acids is 1. The third-order valence-electron chi connectivity index (χ3n) is 6.00. The SMILES string of the molecule is CC(=O)OC/C=C(\C)[C@@H]1C(C)=C[C@@H]2C[C@H](O)C[C@H](C)[C@H]2[C@@H]1/C=C/C=C/C(=O)O. The largest absolute Gasteiger partial charge is 0.478 e. The first-order valence-electron chi connectivity index (χ1n) is 9.94. The van der Waals surface area contributed by atoms with E-state index in [9.17, 15) is 14.7 Å². The van der Waals surface area contributed by atoms with Crippen molar-refractivity contribution >= 4 is 11.9 Å². The number of hydrogen-bond donors (Lipinski definition) is 2. The van der Waals surface area contributed by atoms with Gasteiger partial charge in [-0.25, -0.2) is 4.79 Å². The Morgan fingerprint density at radius 2 is 1.96 bits per heavy atom. The standard InChI is InChI=1S/C23H32O5/c1-14(9-10-28-17(4)24)22-15(2)11-18-13-19(25)12-16(3)23(18)20(22)7-5-6-8-21(26)27/h5-9,11,16,18-20,22-23,25H,10,12-13H2,1-4H3,(H,26,27)/b7-5+,8-6+,14-9+/t16-,18+,19+,20+,22+,23+/m0/s1. The highest BCUT2D eigenvalue weighted by Crippen LogP contribution is 2.50. The van der Waals surface area contributed by atoms with Gasteiger partial charge >= 0.3 is 11.9 Å². The molecule has 1 saturated carbocycles. The van der Waals surface area contributed by atoms with Crippen LogP contribution in [-0.4, -0.2) is 34.9 Å². The molecule has 0 spiro atoms. The van der Waals surface area contributed by atoms with Crippen molar-refractivity contribution < 1.29 is 24.5 Å². The van der Waals surface area contributed by atoms with Gasteiger partial charge in [0.1, 0.15) is 6.61 Å². The van der Waals surface area contributed by atoms with Crippen LogP contribution in [0.3, 0.4) is 0 Å². The number of hydrogen-bond acceptors (Lipinski definition) is 4. The van der Waals surface area contributed by atoms with E-state index < -0.39 is 5.97 Å². The zero-order valence-electron chi connectivity index (χ0n) is 17.2. The van der Waals surface area contributed by atoms with E-state index in [1.54, 1.807) is 6.08 Å². The van der Waals surface area contributed by atoms with Crippen LogP contribution < -0.4 is 0 Å². The summed E-state index contributed by atoms with van der Waals surface area (Å²) in [6.45, 7) is 8.01. The molecule has 0 aromatic heterocycles. The van der Waals surface area contributed by atoms with Crippen LogP contribution in [0.15, 0.2) is 47.6 Å². The number of rotatable bonds is 6. The summed E-state index contributed by atoms with van der Waals surface area (Å²) in [5.74, 6) is 0.155. The van der Waals surface area contributed by atoms with Crippen LogP contribution in [0.25, 0.3) is 0 Å². The number of ether oxygens (including phenoxy) is 1. The Hall–Kier alpha value is -2.14. The van der Waals surface area contributed by atoms with E-state index in [0.717, 1.165) is 24.5 Å². The summed E-state index contributed by atoms with van der Waals surface area (Å²) in [6.07, 6.45) is 12.2. The molecule has 2 N–H and O–H groups in total. The highest BCUT2D eigenvalue weighted by molar-refractivity contribution is 5.80. The molecule has 2 rings (SSSR count). The molecule has 2 aliphatic rings. The molecule has 0 aromatic rings. The fourth-order valence-electron chi connectivity index (χ4n) is 5.04. The van der Waals surface area contributed by atoms with Crippen molar-refractivity contribution in [2.45, 2.75) is 46.6 Å². The Morgan fingerprint density at radius 3 is 2.61 bits per heavy atom. The molecule has 1 fully saturated rings. The van der Waals surface area contributed by atoms with Gasteiger partial charge in [0.2, 0.25) is 0 Å². The van der Waals surface area contributed by atoms with Crippen molar-refractivity contribution in [3.63, 3.8) is 0 Å². The molecular formula is C23H32O5. The van der Waals surface area contributed by atoms with Crippen LogP contribution in [0, 0.1) is 29.6 Å². The monoisotopic (exact) mass is 388 g/mol. The summed E-state index contributed by atoms with van der Waals surface area (Å²) in [5.41, 5.74) is 2.39. The second-order valence-electron chi connectivity index (χ2n) is 8.14. The normalized spacial score (nSPS) is 33.6. The van der Waals surface area contributed by atoms with Gasteiger partial charge in [-0.3, -0.25) is 4.79 Å². The Morgan fingerprint density at radius 1 is 1.25 bits per heavy atom. The minimum absolute atomic E-state index is 0.170. The van der Waals surface area contributed by atoms with Gasteiger partial charge in [-0.2, -0.15) is 0 Å². The van der Waals surface area contributed by atoms with E-state index >= 15 is 0 Å². The van der Waals surface area contributed by atoms with Gasteiger partial charge in [0.05, 0.1) is 6.10 Å². The fourth-order valence-corrected chi connectivity index (χ4v) is 5.04. The third kappa shape index (κ3) is 5.68. The molecule has 2 aliphatic carbocycles. The summed E-state index contributed by atoms with van der Waals surface area (Å²) < 4.78 is 5.08. The summed E-state index contributed by atoms with van der Waals surface area (Å²) in [4.78, 5) is 21.8. The molecule has 28 heavy (non-hydrogen) atoms. The quantitative estimate of drug-likeness (QED) is 0.312. The number of aliphatic hydroxyl groups excluding tert-OH is 1. The number of esters is 1. The van der Waals surface area contributed by atoms with Crippen molar-refractivity contribution in [2.24, 2.45) is 29.6 Å². The lowest BCUT2D eigenvalue weighted by molar-refractivity contribution is -0.139. The van der Waals surface area contributed by atoms with Crippen molar-refractivity contribution in [2.75, 3.05) is 6.61 Å². The van der Waals surface area contributed by atoms with E-state index in [4.69, 9.17) is 9.84 Å². The maximum absolute atomic E-state index is 11.1. The summed E-state index contributed by atoms with van der Waals surface area (Å²) in [5, 5.41) is 19.1. The minimum Gasteiger partial charge on any atom is -0.478 e. The molecular weight excluding hydrogens is 356 g/mol. The Bertz CT molecular complexity index is 700. The smallest absolute Gasteiger partial charge is 0.328 e. The van der Waals surface area contributed by atoms with Crippen LogP contribution in [0.5, 0.6) is 0 Å². The highest BCUT2D eigenvalue weighted by Gasteiger charge is 2.44. The zero-order chi connectivity index (χ0) is 20.8. The number of carboxylic acid groups (broad SMARTS) is 1. The molecule has 154 valence electrons. The van der Waals surface area contributed by atoms with Gasteiger partial charge in [-0.05, 0) is 56.4 Å². The second-order valence-corrected chi connectivity index (χ2v) is 8.14. The molecule has 0 heterocycles. The molecule has 0 unspecified atom stereocenters. The molecule has 0 bridgehead atoms. The Labute approximate surface area is 167 Å². The molecule has 6 atom stereocenters. The summed E-state index contributed by atoms with van der Waals surface area (Å²) in [7, 11) is 0. The first kappa shape index (κ1) is 22.2. The first-order chi connectivity index (χ1) is 13.2. The average molecular weight is 389 g/mol. The minimum atomic E-state index is -0.967. The van der Waals surface area contributed by atoms with Crippen molar-refractivity contribution in [1.29, 1.82) is 0 Å². The van der Waals surface area contributed by atoms with Crippen molar-refractivity contribution in [1.82, 2.24) is 0 Å². The lowest BCUT2D eigenvalue weighted by atomic mass is 9.57. The molecule has 0 radical (unpaired) electrons. The second kappa shape index (κ2) is 9.87. The lowest BCUT2D eigenvalue weighted by Gasteiger charge is -2.48. The average Bonchev–Trinajstić information content (AvgIpc) is 2.56. The first-order valence-corrected chi connectivity index (χ1v) is 9.94. The maximum Gasteiger partial charge on any atom is 0.328 e. The van der Waals surface area contributed by atoms with Gasteiger partial charge in [-0.15, -0.1) is 0 Å². The van der Waals surface area contributed by atoms with E-state index in [0.29, 0.717) is 17.8 Å². The van der Waals surface area contributed by atoms with E-state index in [1.807, 2.05) is 12.2 Å². The van der Waals surface area contributed by atoms with Gasteiger partial charge in [0, 0.05) is 18.9 Å². The van der Waals surface area contributed by atoms with Gasteiger partial charge < -0.3 is 14.9 Å². The fraction of sp³-hybridized carbons (Fsp3) is 0.565. The Balaban J connectivity index is 2.36. The zero-order valence-corrected chi connectivity index (χ0v) is 17.2. The number of carbonyl (C=O) groups is 2. The topological polar surface area (TPSA) is 83.8 Å². The summed E-state index contributed by atoms with van der Waals surface area (Å²) >= 11 is 0. The van der Waals surface area contributed by atoms with E-state index in [-0.39, 0.29) is 30.5 Å². The highest BCUT2D eigenvalue weighted by atomic mass is 16.5. The Kier molecular flexibility index (Phi) is 7.81. The maximum atomic E-state index is 11.1. The molecule has 0 aliphatic heterocycles. The lowest BCUT2D eigenvalue weighted by Crippen LogP contribution is -2.42. The predicted molar refractivity (Wildman–Crippen MR) is 108 cm³/mol. The van der Waals surface area contributed by atoms with Crippen molar-refractivity contribution in [3.05, 3.63) is 47.6 Å². The molecule has 5 heteroatoms. The predicted octanol–water partition coefficient (Wildman–Crippen LogP) is 3.91. The number of fused-ring (bicyclic) bond motifs is 1. The molecule has 0 aromatic carbocycles. The van der Waals surface area contributed by atoms with Crippen LogP contribution in [-0.2, 0) is 14.3 Å². The number of carbonyl (C=O) groups excluding carboxylic acids is 1. The molecule has 0 saturated heterocycles. The van der Waals surface area contributed by atoms with Crippen LogP contribution in [0.1, 0.15) is 40.5 Å². The molecule has 5 nitrogen and oxygen atoms in total. The third-order valence-corrected chi connectivity index (χ3v) is 6.00. The van der Waals surface area contributed by atoms with Crippen LogP contribution in [0.4, 0.5) is 0 Å². The van der Waals surface area contributed by atoms with E-state index in [2.05, 4.69) is 32.9 Å². The van der Waals surface area contributed by atoms with Gasteiger partial charge in [0.15, 0.2) is 0 Å². The number of allylic oxidation sites excluding steroid dienone is 6. The van der Waals surface area contributed by atoms with Crippen LogP contribution in [0.2, 0.25) is 0 Å². The summed E-state index contributed by atoms with van der Waals surface area (Å²) in [6, 6.07) is 0. The van der Waals surface area contributed by atoms with Crippen LogP contribution >= 0.6 is 0 Å². The van der Waals surface area contributed by atoms with Gasteiger partial charge in [0.25, 0.3) is 0 Å². The molecule has 0 amide bonds. The van der Waals surface area contributed by atoms with Crippen molar-refractivity contribution in [3.8, 4) is 0 Å². The number of aliphatic hydroxyl groups is 1. The van der Waals surface area contributed by atoms with Gasteiger partial charge in [-0.1, -0.05) is 42.4 Å². The van der Waals surface area contributed by atoms with E-state index in [1.165, 1.54) is 12.5 Å².